The summed E-state index contributed by atoms with van der Waals surface area (Å²) in [6.07, 6.45) is 4.83. The maximum Gasteiger partial charge on any atom is 0.191 e. The maximum atomic E-state index is 12.9. The van der Waals surface area contributed by atoms with E-state index in [-0.39, 0.29) is 29.8 Å². The quantitative estimate of drug-likeness (QED) is 0.355. The molecule has 2 heterocycles. The van der Waals surface area contributed by atoms with Gasteiger partial charge in [0.1, 0.15) is 11.5 Å². The molecule has 0 saturated heterocycles. The zero-order chi connectivity index (χ0) is 16.8. The first kappa shape index (κ1) is 19.2. The molecular weight excluding hydrogens is 432 g/mol. The summed E-state index contributed by atoms with van der Waals surface area (Å²) < 4.78 is 14.9. The van der Waals surface area contributed by atoms with Crippen molar-refractivity contribution in [3.63, 3.8) is 0 Å². The van der Waals surface area contributed by atoms with Gasteiger partial charge in [-0.25, -0.2) is 9.37 Å². The number of halogens is 2. The molecule has 0 amide bonds. The number of fused-ring (bicyclic) bond motifs is 1. The number of benzene rings is 1. The SMILES string of the molecule is CN=C(NCCc1cn2ccccc2n1)NCc1ccc(F)cc1.I. The van der Waals surface area contributed by atoms with Crippen LogP contribution >= 0.6 is 24.0 Å². The maximum absolute atomic E-state index is 12.9. The second-order valence-corrected chi connectivity index (χ2v) is 5.43. The Morgan fingerprint density at radius 3 is 2.68 bits per heavy atom. The van der Waals surface area contributed by atoms with Crippen molar-refractivity contribution in [1.82, 2.24) is 20.0 Å². The van der Waals surface area contributed by atoms with E-state index in [2.05, 4.69) is 20.6 Å². The number of hydrogen-bond donors (Lipinski definition) is 2. The fourth-order valence-electron chi connectivity index (χ4n) is 2.43. The number of pyridine rings is 1. The molecule has 1 aromatic carbocycles. The van der Waals surface area contributed by atoms with Crippen molar-refractivity contribution in [1.29, 1.82) is 0 Å². The molecule has 2 aromatic heterocycles. The average molecular weight is 453 g/mol. The second kappa shape index (κ2) is 9.36. The van der Waals surface area contributed by atoms with Crippen LogP contribution in [0, 0.1) is 5.82 Å². The predicted octanol–water partition coefficient (Wildman–Crippen LogP) is 3.00. The largest absolute Gasteiger partial charge is 0.356 e. The minimum absolute atomic E-state index is 0. The van der Waals surface area contributed by atoms with E-state index in [1.165, 1.54) is 12.1 Å². The lowest BCUT2D eigenvalue weighted by atomic mass is 10.2. The lowest BCUT2D eigenvalue weighted by Crippen LogP contribution is -2.37. The predicted molar refractivity (Wildman–Crippen MR) is 109 cm³/mol. The molecule has 2 N–H and O–H groups in total. The van der Waals surface area contributed by atoms with E-state index in [1.807, 2.05) is 35.0 Å². The first-order valence-corrected chi connectivity index (χ1v) is 7.86. The Morgan fingerprint density at radius 2 is 1.96 bits per heavy atom. The molecular formula is C18H21FIN5. The molecule has 0 aliphatic heterocycles. The molecule has 25 heavy (non-hydrogen) atoms. The van der Waals surface area contributed by atoms with Crippen LogP contribution in [-0.4, -0.2) is 28.9 Å². The van der Waals surface area contributed by atoms with Crippen molar-refractivity contribution in [3.05, 3.63) is 71.9 Å². The summed E-state index contributed by atoms with van der Waals surface area (Å²) in [7, 11) is 1.73. The molecule has 0 bridgehead atoms. The van der Waals surface area contributed by atoms with Gasteiger partial charge in [0.05, 0.1) is 5.69 Å². The van der Waals surface area contributed by atoms with Gasteiger partial charge in [-0.1, -0.05) is 18.2 Å². The van der Waals surface area contributed by atoms with Crippen molar-refractivity contribution in [2.24, 2.45) is 4.99 Å². The topological polar surface area (TPSA) is 53.7 Å². The fourth-order valence-corrected chi connectivity index (χ4v) is 2.43. The van der Waals surface area contributed by atoms with Crippen LogP contribution in [0.15, 0.2) is 59.9 Å². The number of hydrogen-bond acceptors (Lipinski definition) is 2. The highest BCUT2D eigenvalue weighted by Gasteiger charge is 2.02. The van der Waals surface area contributed by atoms with Crippen LogP contribution < -0.4 is 10.6 Å². The first-order chi connectivity index (χ1) is 11.7. The minimum Gasteiger partial charge on any atom is -0.356 e. The molecule has 132 valence electrons. The monoisotopic (exact) mass is 453 g/mol. The minimum atomic E-state index is -0.228. The highest BCUT2D eigenvalue weighted by molar-refractivity contribution is 14.0. The number of imidazole rings is 1. The van der Waals surface area contributed by atoms with Gasteiger partial charge in [-0.15, -0.1) is 24.0 Å². The zero-order valence-electron chi connectivity index (χ0n) is 13.9. The van der Waals surface area contributed by atoms with E-state index < -0.39 is 0 Å². The summed E-state index contributed by atoms with van der Waals surface area (Å²) in [5.41, 5.74) is 2.98. The van der Waals surface area contributed by atoms with Gasteiger partial charge in [0.15, 0.2) is 5.96 Å². The summed E-state index contributed by atoms with van der Waals surface area (Å²) in [5, 5.41) is 6.47. The lowest BCUT2D eigenvalue weighted by Gasteiger charge is -2.11. The summed E-state index contributed by atoms with van der Waals surface area (Å²) in [4.78, 5) is 8.75. The van der Waals surface area contributed by atoms with Crippen molar-refractivity contribution < 1.29 is 4.39 Å². The average Bonchev–Trinajstić information content (AvgIpc) is 3.02. The van der Waals surface area contributed by atoms with Crippen LogP contribution in [0.2, 0.25) is 0 Å². The molecule has 0 atom stereocenters. The number of rotatable bonds is 5. The van der Waals surface area contributed by atoms with Crippen LogP contribution in [0.1, 0.15) is 11.3 Å². The standard InChI is InChI=1S/C18H20FN5.HI/c1-20-18(22-12-14-5-7-15(19)8-6-14)21-10-9-16-13-24-11-3-2-4-17(24)23-16;/h2-8,11,13H,9-10,12H2,1H3,(H2,20,21,22);1H. The van der Waals surface area contributed by atoms with Gasteiger partial charge in [-0.3, -0.25) is 4.99 Å². The molecule has 0 aliphatic rings. The van der Waals surface area contributed by atoms with Crippen molar-refractivity contribution in [2.75, 3.05) is 13.6 Å². The Hall–Kier alpha value is -2.16. The van der Waals surface area contributed by atoms with E-state index in [4.69, 9.17) is 0 Å². The summed E-state index contributed by atoms with van der Waals surface area (Å²) in [6.45, 7) is 1.32. The van der Waals surface area contributed by atoms with Crippen LogP contribution in [0.4, 0.5) is 4.39 Å². The molecule has 0 unspecified atom stereocenters. The third kappa shape index (κ3) is 5.42. The zero-order valence-corrected chi connectivity index (χ0v) is 16.3. The van der Waals surface area contributed by atoms with Crippen molar-refractivity contribution in [2.45, 2.75) is 13.0 Å². The smallest absolute Gasteiger partial charge is 0.191 e. The van der Waals surface area contributed by atoms with Gasteiger partial charge < -0.3 is 15.0 Å². The Bertz CT molecular complexity index is 796. The Kier molecular flexibility index (Phi) is 7.17. The van der Waals surface area contributed by atoms with Crippen LogP contribution in [0.5, 0.6) is 0 Å². The number of guanidine groups is 1. The first-order valence-electron chi connectivity index (χ1n) is 7.86. The van der Waals surface area contributed by atoms with E-state index in [0.717, 1.165) is 29.9 Å². The highest BCUT2D eigenvalue weighted by Crippen LogP contribution is 2.04. The molecule has 3 rings (SSSR count). The third-order valence-electron chi connectivity index (χ3n) is 3.68. The van der Waals surface area contributed by atoms with Crippen LogP contribution in [-0.2, 0) is 13.0 Å². The van der Waals surface area contributed by atoms with Crippen LogP contribution in [0.25, 0.3) is 5.65 Å². The highest BCUT2D eigenvalue weighted by atomic mass is 127. The molecule has 5 nitrogen and oxygen atoms in total. The summed E-state index contributed by atoms with van der Waals surface area (Å²) in [6, 6.07) is 12.4. The van der Waals surface area contributed by atoms with Crippen molar-refractivity contribution >= 4 is 35.6 Å². The van der Waals surface area contributed by atoms with Crippen molar-refractivity contribution in [3.8, 4) is 0 Å². The van der Waals surface area contributed by atoms with Gasteiger partial charge in [0, 0.05) is 39.0 Å². The van der Waals surface area contributed by atoms with Gasteiger partial charge in [-0.05, 0) is 29.8 Å². The molecule has 0 radical (unpaired) electrons. The molecule has 0 saturated carbocycles. The number of nitrogens with zero attached hydrogens (tertiary/aromatic N) is 3. The van der Waals surface area contributed by atoms with E-state index in [9.17, 15) is 4.39 Å². The van der Waals surface area contributed by atoms with Gasteiger partial charge in [0.25, 0.3) is 0 Å². The Morgan fingerprint density at radius 1 is 1.16 bits per heavy atom. The molecule has 0 spiro atoms. The van der Waals surface area contributed by atoms with Gasteiger partial charge >= 0.3 is 0 Å². The number of aliphatic imine (C=N–C) groups is 1. The van der Waals surface area contributed by atoms with E-state index in [1.54, 1.807) is 19.2 Å². The van der Waals surface area contributed by atoms with E-state index in [0.29, 0.717) is 12.5 Å². The molecule has 3 aromatic rings. The third-order valence-corrected chi connectivity index (χ3v) is 3.68. The van der Waals surface area contributed by atoms with E-state index >= 15 is 0 Å². The fraction of sp³-hybridized carbons (Fsp3) is 0.222. The van der Waals surface area contributed by atoms with Crippen LogP contribution in [0.3, 0.4) is 0 Å². The number of aromatic nitrogens is 2. The summed E-state index contributed by atoms with van der Waals surface area (Å²) >= 11 is 0. The summed E-state index contributed by atoms with van der Waals surface area (Å²) in [5.74, 6) is 0.483. The van der Waals surface area contributed by atoms with Gasteiger partial charge in [0.2, 0.25) is 0 Å². The van der Waals surface area contributed by atoms with Gasteiger partial charge in [-0.2, -0.15) is 0 Å². The number of nitrogens with one attached hydrogen (secondary N) is 2. The lowest BCUT2D eigenvalue weighted by molar-refractivity contribution is 0.626. The Labute approximate surface area is 163 Å². The Balaban J connectivity index is 0.00000225. The normalized spacial score (nSPS) is 11.2. The molecule has 7 heteroatoms. The molecule has 0 fully saturated rings. The molecule has 0 aliphatic carbocycles. The second-order valence-electron chi connectivity index (χ2n) is 5.43.